The molecule has 0 saturated carbocycles. The van der Waals surface area contributed by atoms with Gasteiger partial charge in [0.05, 0.1) is 11.6 Å². The third-order valence-electron chi connectivity index (χ3n) is 2.56. The molecule has 0 aromatic heterocycles. The number of para-hydroxylation sites is 1. The van der Waals surface area contributed by atoms with E-state index in [1.807, 2.05) is 13.8 Å². The van der Waals surface area contributed by atoms with Crippen molar-refractivity contribution in [3.8, 4) is 5.75 Å². The highest BCUT2D eigenvalue weighted by Crippen LogP contribution is 2.24. The zero-order chi connectivity index (χ0) is 13.1. The minimum Gasteiger partial charge on any atom is -0.488 e. The summed E-state index contributed by atoms with van der Waals surface area (Å²) in [5.74, 6) is -1.78. The molecule has 94 valence electrons. The Bertz CT molecular complexity index is 401. The normalized spacial score (nSPS) is 11.3. The first-order valence-corrected chi connectivity index (χ1v) is 5.62. The molecule has 1 aromatic rings. The molecule has 0 aliphatic rings. The third kappa shape index (κ3) is 3.63. The summed E-state index contributed by atoms with van der Waals surface area (Å²) in [5.41, 5.74) is 5.15. The Morgan fingerprint density at radius 3 is 2.35 bits per heavy atom. The Morgan fingerprint density at radius 1 is 1.35 bits per heavy atom. The number of nitrogens with two attached hydrogens (primary N) is 1. The number of rotatable bonds is 5. The van der Waals surface area contributed by atoms with Crippen molar-refractivity contribution in [2.45, 2.75) is 20.3 Å². The Labute approximate surface area is 105 Å². The summed E-state index contributed by atoms with van der Waals surface area (Å²) in [6.07, 6.45) is 0.496. The highest BCUT2D eigenvalue weighted by Gasteiger charge is 2.21. The molecule has 0 atom stereocenters. The van der Waals surface area contributed by atoms with E-state index in [1.165, 1.54) is 6.07 Å². The topological polar surface area (TPSA) is 35.2 Å². The van der Waals surface area contributed by atoms with Gasteiger partial charge in [-0.05, 0) is 18.6 Å². The van der Waals surface area contributed by atoms with Gasteiger partial charge >= 0.3 is 0 Å². The molecule has 0 unspecified atom stereocenters. The highest BCUT2D eigenvalue weighted by atomic mass is 32.1. The summed E-state index contributed by atoms with van der Waals surface area (Å²) in [6.45, 7) is 3.87. The lowest BCUT2D eigenvalue weighted by atomic mass is 9.90. The maximum absolute atomic E-state index is 13.2. The van der Waals surface area contributed by atoms with Crippen LogP contribution in [-0.2, 0) is 0 Å². The molecule has 0 radical (unpaired) electrons. The largest absolute Gasteiger partial charge is 0.488 e. The molecule has 0 fully saturated rings. The van der Waals surface area contributed by atoms with Gasteiger partial charge in [-0.3, -0.25) is 0 Å². The number of halogens is 2. The lowest BCUT2D eigenvalue weighted by Gasteiger charge is -2.22. The molecular formula is C12H15F2NOS. The molecule has 2 nitrogen and oxygen atoms in total. The van der Waals surface area contributed by atoms with E-state index < -0.39 is 17.0 Å². The van der Waals surface area contributed by atoms with Gasteiger partial charge in [0.2, 0.25) is 0 Å². The fourth-order valence-corrected chi connectivity index (χ4v) is 1.25. The van der Waals surface area contributed by atoms with Gasteiger partial charge in [-0.2, -0.15) is 0 Å². The van der Waals surface area contributed by atoms with Crippen LogP contribution in [0.2, 0.25) is 0 Å². The maximum atomic E-state index is 13.2. The van der Waals surface area contributed by atoms with Crippen molar-refractivity contribution in [3.05, 3.63) is 29.8 Å². The van der Waals surface area contributed by atoms with Crippen LogP contribution in [0.25, 0.3) is 0 Å². The zero-order valence-corrected chi connectivity index (χ0v) is 10.6. The fraction of sp³-hybridized carbons (Fsp3) is 0.417. The lowest BCUT2D eigenvalue weighted by Crippen LogP contribution is -2.31. The van der Waals surface area contributed by atoms with E-state index in [2.05, 4.69) is 0 Å². The van der Waals surface area contributed by atoms with Crippen LogP contribution in [-0.4, -0.2) is 11.6 Å². The van der Waals surface area contributed by atoms with E-state index in [4.69, 9.17) is 22.7 Å². The smallest absolute Gasteiger partial charge is 0.190 e. The Balaban J connectivity index is 2.60. The number of hydrogen-bond donors (Lipinski definition) is 1. The van der Waals surface area contributed by atoms with Gasteiger partial charge in [-0.15, -0.1) is 0 Å². The third-order valence-corrected chi connectivity index (χ3v) is 3.11. The van der Waals surface area contributed by atoms with Crippen LogP contribution in [0.4, 0.5) is 8.78 Å². The second-order valence-electron chi connectivity index (χ2n) is 4.40. The predicted molar refractivity (Wildman–Crippen MR) is 67.0 cm³/mol. The summed E-state index contributed by atoms with van der Waals surface area (Å²) < 4.78 is 31.5. The molecular weight excluding hydrogens is 244 g/mol. The molecule has 0 bridgehead atoms. The molecule has 0 aliphatic heterocycles. The van der Waals surface area contributed by atoms with Gasteiger partial charge in [0.15, 0.2) is 17.4 Å². The second kappa shape index (κ2) is 5.40. The molecule has 2 N–H and O–H groups in total. The standard InChI is InChI=1S/C12H15F2NOS/c1-12(2,11(15)17)6-7-16-10-8(13)4-3-5-9(10)14/h3-5H,6-7H2,1-2H3,(H2,15,17). The maximum Gasteiger partial charge on any atom is 0.190 e. The molecule has 5 heteroatoms. The Morgan fingerprint density at radius 2 is 1.88 bits per heavy atom. The zero-order valence-electron chi connectivity index (χ0n) is 9.80. The summed E-state index contributed by atoms with van der Waals surface area (Å²) >= 11 is 4.89. The first kappa shape index (κ1) is 13.8. The molecule has 0 amide bonds. The van der Waals surface area contributed by atoms with Crippen molar-refractivity contribution in [1.29, 1.82) is 0 Å². The first-order valence-electron chi connectivity index (χ1n) is 5.21. The van der Waals surface area contributed by atoms with Crippen molar-refractivity contribution < 1.29 is 13.5 Å². The minimum atomic E-state index is -0.710. The summed E-state index contributed by atoms with van der Waals surface area (Å²) in [7, 11) is 0. The van der Waals surface area contributed by atoms with Crippen molar-refractivity contribution in [1.82, 2.24) is 0 Å². The molecule has 0 saturated heterocycles. The van der Waals surface area contributed by atoms with Crippen LogP contribution in [0, 0.1) is 17.0 Å². The van der Waals surface area contributed by atoms with Crippen LogP contribution >= 0.6 is 12.2 Å². The number of ether oxygens (including phenoxy) is 1. The minimum absolute atomic E-state index is 0.155. The molecule has 0 heterocycles. The van der Waals surface area contributed by atoms with Crippen LogP contribution in [0.3, 0.4) is 0 Å². The Kier molecular flexibility index (Phi) is 4.40. The van der Waals surface area contributed by atoms with Gasteiger partial charge in [0.1, 0.15) is 0 Å². The second-order valence-corrected chi connectivity index (χ2v) is 4.84. The van der Waals surface area contributed by atoms with E-state index in [-0.39, 0.29) is 12.4 Å². The summed E-state index contributed by atoms with van der Waals surface area (Å²) in [6, 6.07) is 3.59. The summed E-state index contributed by atoms with van der Waals surface area (Å²) in [5, 5.41) is 0. The predicted octanol–water partition coefficient (Wildman–Crippen LogP) is 3.05. The Hall–Kier alpha value is -1.23. The average molecular weight is 259 g/mol. The first-order chi connectivity index (χ1) is 7.84. The fourth-order valence-electron chi connectivity index (χ4n) is 1.15. The number of hydrogen-bond acceptors (Lipinski definition) is 2. The molecule has 17 heavy (non-hydrogen) atoms. The van der Waals surface area contributed by atoms with Crippen molar-refractivity contribution in [2.24, 2.45) is 11.1 Å². The van der Waals surface area contributed by atoms with Gasteiger partial charge in [0.25, 0.3) is 0 Å². The lowest BCUT2D eigenvalue weighted by molar-refractivity contribution is 0.248. The monoisotopic (exact) mass is 259 g/mol. The average Bonchev–Trinajstić information content (AvgIpc) is 2.22. The van der Waals surface area contributed by atoms with Gasteiger partial charge in [-0.1, -0.05) is 32.1 Å². The van der Waals surface area contributed by atoms with E-state index in [9.17, 15) is 8.78 Å². The van der Waals surface area contributed by atoms with Crippen molar-refractivity contribution in [2.75, 3.05) is 6.61 Å². The summed E-state index contributed by atoms with van der Waals surface area (Å²) in [4.78, 5) is 0.357. The van der Waals surface area contributed by atoms with E-state index in [1.54, 1.807) is 0 Å². The molecule has 1 aromatic carbocycles. The van der Waals surface area contributed by atoms with Crippen LogP contribution in [0.1, 0.15) is 20.3 Å². The highest BCUT2D eigenvalue weighted by molar-refractivity contribution is 7.80. The van der Waals surface area contributed by atoms with E-state index in [0.717, 1.165) is 12.1 Å². The van der Waals surface area contributed by atoms with Crippen molar-refractivity contribution in [3.63, 3.8) is 0 Å². The number of benzene rings is 1. The number of thiocarbonyl (C=S) groups is 1. The van der Waals surface area contributed by atoms with Crippen LogP contribution in [0.5, 0.6) is 5.75 Å². The molecule has 0 spiro atoms. The SMILES string of the molecule is CC(C)(CCOc1c(F)cccc1F)C(N)=S. The van der Waals surface area contributed by atoms with Crippen molar-refractivity contribution >= 4 is 17.2 Å². The van der Waals surface area contributed by atoms with Gasteiger partial charge in [-0.25, -0.2) is 8.78 Å². The van der Waals surface area contributed by atoms with Crippen LogP contribution < -0.4 is 10.5 Å². The van der Waals surface area contributed by atoms with Crippen LogP contribution in [0.15, 0.2) is 18.2 Å². The molecule has 0 aliphatic carbocycles. The quantitative estimate of drug-likeness (QED) is 0.825. The van der Waals surface area contributed by atoms with Gasteiger partial charge in [0, 0.05) is 5.41 Å². The van der Waals surface area contributed by atoms with E-state index in [0.29, 0.717) is 11.4 Å². The molecule has 1 rings (SSSR count). The van der Waals surface area contributed by atoms with E-state index >= 15 is 0 Å². The van der Waals surface area contributed by atoms with Gasteiger partial charge < -0.3 is 10.5 Å².